The van der Waals surface area contributed by atoms with Crippen LogP contribution in [-0.4, -0.2) is 16.0 Å². The molecule has 0 aliphatic heterocycles. The third kappa shape index (κ3) is 2.29. The van der Waals surface area contributed by atoms with Gasteiger partial charge in [0, 0.05) is 6.04 Å². The fraction of sp³-hybridized carbons (Fsp3) is 0.294. The first-order valence-corrected chi connectivity index (χ1v) is 8.21. The van der Waals surface area contributed by atoms with Crippen molar-refractivity contribution in [2.45, 2.75) is 32.2 Å². The van der Waals surface area contributed by atoms with Crippen LogP contribution in [0.4, 0.5) is 5.82 Å². The summed E-state index contributed by atoms with van der Waals surface area (Å²) < 4.78 is 1.17. The molecule has 1 unspecified atom stereocenters. The Hall–Kier alpha value is -1.94. The minimum Gasteiger partial charge on any atom is -0.366 e. The van der Waals surface area contributed by atoms with Gasteiger partial charge in [0.15, 0.2) is 0 Å². The maximum Gasteiger partial charge on any atom is 0.147 e. The van der Waals surface area contributed by atoms with Crippen LogP contribution < -0.4 is 5.32 Å². The molecule has 1 N–H and O–H groups in total. The van der Waals surface area contributed by atoms with Crippen molar-refractivity contribution in [3.63, 3.8) is 0 Å². The minimum atomic E-state index is 0.459. The van der Waals surface area contributed by atoms with Crippen LogP contribution in [0.1, 0.15) is 23.1 Å². The van der Waals surface area contributed by atoms with E-state index in [2.05, 4.69) is 51.9 Å². The Morgan fingerprint density at radius 2 is 2.05 bits per heavy atom. The Balaban J connectivity index is 1.62. The Morgan fingerprint density at radius 3 is 2.95 bits per heavy atom. The van der Waals surface area contributed by atoms with Gasteiger partial charge in [-0.3, -0.25) is 0 Å². The molecule has 0 fully saturated rings. The van der Waals surface area contributed by atoms with Crippen LogP contribution in [0.3, 0.4) is 0 Å². The molecule has 0 saturated heterocycles. The van der Waals surface area contributed by atoms with Crippen LogP contribution in [0.2, 0.25) is 0 Å². The third-order valence-corrected chi connectivity index (χ3v) is 5.31. The molecule has 0 radical (unpaired) electrons. The van der Waals surface area contributed by atoms with Crippen molar-refractivity contribution < 1.29 is 0 Å². The number of hydrogen-bond donors (Lipinski definition) is 1. The topological polar surface area (TPSA) is 37.8 Å². The highest BCUT2D eigenvalue weighted by Gasteiger charge is 2.19. The molecule has 106 valence electrons. The first-order valence-electron chi connectivity index (χ1n) is 7.33. The lowest BCUT2D eigenvalue weighted by Gasteiger charge is -2.26. The molecule has 0 amide bonds. The fourth-order valence-corrected chi connectivity index (χ4v) is 4.04. The van der Waals surface area contributed by atoms with Crippen molar-refractivity contribution in [2.24, 2.45) is 0 Å². The van der Waals surface area contributed by atoms with Crippen LogP contribution in [0.15, 0.2) is 36.0 Å². The lowest BCUT2D eigenvalue weighted by Crippen LogP contribution is -2.27. The van der Waals surface area contributed by atoms with E-state index in [-0.39, 0.29) is 0 Å². The van der Waals surface area contributed by atoms with Crippen LogP contribution in [0, 0.1) is 6.92 Å². The maximum absolute atomic E-state index is 4.46. The van der Waals surface area contributed by atoms with Crippen molar-refractivity contribution in [1.29, 1.82) is 0 Å². The van der Waals surface area contributed by atoms with Gasteiger partial charge in [-0.05, 0) is 48.3 Å². The standard InChI is InChI=1S/C17H17N3S/c1-11-9-21-16-15(11)18-10-19-17(16)20-14-7-6-12-4-2-3-5-13(12)8-14/h2-5,9-10,14H,6-8H2,1H3,(H,18,19,20). The monoisotopic (exact) mass is 295 g/mol. The van der Waals surface area contributed by atoms with Crippen LogP contribution >= 0.6 is 11.3 Å². The number of thiophene rings is 1. The summed E-state index contributed by atoms with van der Waals surface area (Å²) in [6, 6.07) is 9.22. The van der Waals surface area contributed by atoms with Crippen molar-refractivity contribution >= 4 is 27.4 Å². The van der Waals surface area contributed by atoms with Crippen LogP contribution in [0.25, 0.3) is 10.2 Å². The molecule has 3 aromatic rings. The zero-order valence-electron chi connectivity index (χ0n) is 12.0. The van der Waals surface area contributed by atoms with Gasteiger partial charge in [0.1, 0.15) is 12.1 Å². The molecule has 4 rings (SSSR count). The van der Waals surface area contributed by atoms with E-state index in [1.807, 2.05) is 0 Å². The van der Waals surface area contributed by atoms with E-state index in [0.29, 0.717) is 6.04 Å². The molecular weight excluding hydrogens is 278 g/mol. The molecule has 1 aromatic carbocycles. The van der Waals surface area contributed by atoms with Crippen molar-refractivity contribution in [1.82, 2.24) is 9.97 Å². The van der Waals surface area contributed by atoms with Gasteiger partial charge in [0.2, 0.25) is 0 Å². The number of aromatic nitrogens is 2. The molecule has 0 bridgehead atoms. The summed E-state index contributed by atoms with van der Waals surface area (Å²) in [5.74, 6) is 0.988. The molecule has 3 nitrogen and oxygen atoms in total. The fourth-order valence-electron chi connectivity index (χ4n) is 3.09. The van der Waals surface area contributed by atoms with E-state index in [0.717, 1.165) is 30.6 Å². The first kappa shape index (κ1) is 12.8. The molecule has 4 heteroatoms. The van der Waals surface area contributed by atoms with Crippen LogP contribution in [0.5, 0.6) is 0 Å². The molecule has 1 atom stereocenters. The van der Waals surface area contributed by atoms with Gasteiger partial charge in [-0.15, -0.1) is 11.3 Å². The maximum atomic E-state index is 4.46. The molecule has 0 spiro atoms. The molecule has 1 aliphatic carbocycles. The SMILES string of the molecule is Cc1csc2c(NC3CCc4ccccc4C3)ncnc12. The summed E-state index contributed by atoms with van der Waals surface area (Å²) in [4.78, 5) is 8.85. The van der Waals surface area contributed by atoms with Gasteiger partial charge in [-0.1, -0.05) is 24.3 Å². The van der Waals surface area contributed by atoms with E-state index in [1.54, 1.807) is 17.7 Å². The lowest BCUT2D eigenvalue weighted by molar-refractivity contribution is 0.609. The second-order valence-corrected chi connectivity index (χ2v) is 6.55. The van der Waals surface area contributed by atoms with Gasteiger partial charge < -0.3 is 5.32 Å². The van der Waals surface area contributed by atoms with Crippen LogP contribution in [-0.2, 0) is 12.8 Å². The number of nitrogens with zero attached hydrogens (tertiary/aromatic N) is 2. The van der Waals surface area contributed by atoms with Gasteiger partial charge in [0.05, 0.1) is 10.2 Å². The lowest BCUT2D eigenvalue weighted by atomic mass is 9.88. The second-order valence-electron chi connectivity index (χ2n) is 5.67. The average Bonchev–Trinajstić information content (AvgIpc) is 2.90. The minimum absolute atomic E-state index is 0.459. The predicted octanol–water partition coefficient (Wildman–Crippen LogP) is 3.97. The van der Waals surface area contributed by atoms with E-state index in [4.69, 9.17) is 0 Å². The Labute approximate surface area is 128 Å². The highest BCUT2D eigenvalue weighted by molar-refractivity contribution is 7.18. The van der Waals surface area contributed by atoms with E-state index >= 15 is 0 Å². The number of rotatable bonds is 2. The third-order valence-electron chi connectivity index (χ3n) is 4.22. The predicted molar refractivity (Wildman–Crippen MR) is 88.0 cm³/mol. The Kier molecular flexibility index (Phi) is 3.11. The number of hydrogen-bond acceptors (Lipinski definition) is 4. The van der Waals surface area contributed by atoms with Gasteiger partial charge >= 0.3 is 0 Å². The zero-order valence-corrected chi connectivity index (χ0v) is 12.8. The second kappa shape index (κ2) is 5.11. The summed E-state index contributed by atoms with van der Waals surface area (Å²) in [7, 11) is 0. The van der Waals surface area contributed by atoms with Gasteiger partial charge in [-0.25, -0.2) is 9.97 Å². The highest BCUT2D eigenvalue weighted by Crippen LogP contribution is 2.30. The average molecular weight is 295 g/mol. The summed E-state index contributed by atoms with van der Waals surface area (Å²) in [6.07, 6.45) is 5.05. The van der Waals surface area contributed by atoms with Crippen molar-refractivity contribution in [2.75, 3.05) is 5.32 Å². The quantitative estimate of drug-likeness (QED) is 0.777. The molecule has 2 heterocycles. The summed E-state index contributed by atoms with van der Waals surface area (Å²) in [6.45, 7) is 2.10. The van der Waals surface area contributed by atoms with Gasteiger partial charge in [-0.2, -0.15) is 0 Å². The van der Waals surface area contributed by atoms with Gasteiger partial charge in [0.25, 0.3) is 0 Å². The Bertz CT molecular complexity index is 794. The van der Waals surface area contributed by atoms with E-state index in [9.17, 15) is 0 Å². The summed E-state index contributed by atoms with van der Waals surface area (Å²) in [5.41, 5.74) is 5.27. The number of nitrogens with one attached hydrogen (secondary N) is 1. The number of fused-ring (bicyclic) bond motifs is 2. The number of benzene rings is 1. The smallest absolute Gasteiger partial charge is 0.147 e. The number of anilines is 1. The van der Waals surface area contributed by atoms with Crippen molar-refractivity contribution in [3.8, 4) is 0 Å². The van der Waals surface area contributed by atoms with Crippen molar-refractivity contribution in [3.05, 3.63) is 52.7 Å². The summed E-state index contributed by atoms with van der Waals surface area (Å²) >= 11 is 1.73. The normalized spacial score (nSPS) is 17.7. The largest absolute Gasteiger partial charge is 0.366 e. The molecular formula is C17H17N3S. The molecule has 0 saturated carbocycles. The Morgan fingerprint density at radius 1 is 1.19 bits per heavy atom. The first-order chi connectivity index (χ1) is 10.3. The number of aryl methyl sites for hydroxylation is 2. The highest BCUT2D eigenvalue weighted by atomic mass is 32.1. The van der Waals surface area contributed by atoms with E-state index in [1.165, 1.54) is 21.4 Å². The molecule has 21 heavy (non-hydrogen) atoms. The van der Waals surface area contributed by atoms with E-state index < -0.39 is 0 Å². The molecule has 1 aliphatic rings. The molecule has 2 aromatic heterocycles. The summed E-state index contributed by atoms with van der Waals surface area (Å²) in [5, 5.41) is 5.79. The zero-order chi connectivity index (χ0) is 14.2.